The van der Waals surface area contributed by atoms with Crippen molar-refractivity contribution in [2.45, 2.75) is 32.2 Å². The van der Waals surface area contributed by atoms with Gasteiger partial charge in [0.1, 0.15) is 11.5 Å². The lowest BCUT2D eigenvalue weighted by atomic mass is 9.83. The van der Waals surface area contributed by atoms with E-state index >= 15 is 0 Å². The zero-order valence-electron chi connectivity index (χ0n) is 10.4. The van der Waals surface area contributed by atoms with Crippen LogP contribution in [0.2, 0.25) is 0 Å². The van der Waals surface area contributed by atoms with Crippen LogP contribution in [0, 0.1) is 5.92 Å². The van der Waals surface area contributed by atoms with Crippen LogP contribution in [0.15, 0.2) is 18.2 Å². The number of ether oxygens (including phenoxy) is 2. The zero-order chi connectivity index (χ0) is 12.1. The van der Waals surface area contributed by atoms with Gasteiger partial charge in [-0.05, 0) is 18.4 Å². The van der Waals surface area contributed by atoms with Crippen molar-refractivity contribution < 1.29 is 9.47 Å². The van der Waals surface area contributed by atoms with E-state index in [1.807, 2.05) is 18.2 Å². The molecule has 2 rings (SSSR count). The molecule has 1 fully saturated rings. The minimum Gasteiger partial charge on any atom is -0.497 e. The Hall–Kier alpha value is -1.22. The normalized spacial score (nSPS) is 15.4. The lowest BCUT2D eigenvalue weighted by Gasteiger charge is -2.25. The monoisotopic (exact) mass is 235 g/mol. The maximum absolute atomic E-state index is 5.82. The molecule has 0 aliphatic heterocycles. The second-order valence-corrected chi connectivity index (χ2v) is 4.61. The van der Waals surface area contributed by atoms with Crippen molar-refractivity contribution in [2.24, 2.45) is 11.7 Å². The Balaban J connectivity index is 1.91. The molecule has 0 bridgehead atoms. The Morgan fingerprint density at radius 2 is 2.18 bits per heavy atom. The summed E-state index contributed by atoms with van der Waals surface area (Å²) in [5.74, 6) is 2.56. The van der Waals surface area contributed by atoms with Gasteiger partial charge < -0.3 is 15.2 Å². The lowest BCUT2D eigenvalue weighted by Crippen LogP contribution is -2.15. The van der Waals surface area contributed by atoms with Crippen molar-refractivity contribution in [1.82, 2.24) is 0 Å². The topological polar surface area (TPSA) is 44.5 Å². The molecule has 0 atom stereocenters. The van der Waals surface area contributed by atoms with E-state index in [2.05, 4.69) is 0 Å². The third kappa shape index (κ3) is 3.13. The Labute approximate surface area is 103 Å². The smallest absolute Gasteiger partial charge is 0.127 e. The molecule has 94 valence electrons. The van der Waals surface area contributed by atoms with E-state index in [0.717, 1.165) is 36.0 Å². The van der Waals surface area contributed by atoms with Crippen LogP contribution in [-0.4, -0.2) is 13.7 Å². The largest absolute Gasteiger partial charge is 0.497 e. The fraction of sp³-hybridized carbons (Fsp3) is 0.571. The maximum Gasteiger partial charge on any atom is 0.127 e. The van der Waals surface area contributed by atoms with Gasteiger partial charge in [0.05, 0.1) is 13.7 Å². The number of nitrogens with two attached hydrogens (primary N) is 1. The van der Waals surface area contributed by atoms with Crippen molar-refractivity contribution in [3.63, 3.8) is 0 Å². The predicted molar refractivity (Wildman–Crippen MR) is 68.3 cm³/mol. The van der Waals surface area contributed by atoms with Crippen molar-refractivity contribution in [2.75, 3.05) is 13.7 Å². The molecule has 3 nitrogen and oxygen atoms in total. The molecule has 1 aliphatic rings. The van der Waals surface area contributed by atoms with Crippen LogP contribution in [0.25, 0.3) is 0 Å². The van der Waals surface area contributed by atoms with Crippen LogP contribution in [0.5, 0.6) is 11.5 Å². The van der Waals surface area contributed by atoms with Gasteiger partial charge in [-0.1, -0.05) is 25.3 Å². The van der Waals surface area contributed by atoms with E-state index in [-0.39, 0.29) is 0 Å². The Morgan fingerprint density at radius 3 is 2.76 bits per heavy atom. The first kappa shape index (κ1) is 12.2. The van der Waals surface area contributed by atoms with Gasteiger partial charge in [-0.2, -0.15) is 0 Å². The summed E-state index contributed by atoms with van der Waals surface area (Å²) in [7, 11) is 1.66. The molecule has 1 saturated carbocycles. The highest BCUT2D eigenvalue weighted by Gasteiger charge is 2.17. The molecule has 2 N–H and O–H groups in total. The first-order chi connectivity index (χ1) is 8.33. The fourth-order valence-corrected chi connectivity index (χ4v) is 2.08. The summed E-state index contributed by atoms with van der Waals surface area (Å²) < 4.78 is 11.0. The first-order valence-corrected chi connectivity index (χ1v) is 6.33. The average molecular weight is 235 g/mol. The van der Waals surface area contributed by atoms with Gasteiger partial charge in [0, 0.05) is 18.2 Å². The van der Waals surface area contributed by atoms with E-state index in [1.165, 1.54) is 19.3 Å². The average Bonchev–Trinajstić information content (AvgIpc) is 2.32. The Bertz CT molecular complexity index is 361. The number of hydrogen-bond acceptors (Lipinski definition) is 3. The van der Waals surface area contributed by atoms with E-state index in [0.29, 0.717) is 6.54 Å². The molecule has 0 spiro atoms. The van der Waals surface area contributed by atoms with E-state index in [1.54, 1.807) is 7.11 Å². The Kier molecular flexibility index (Phi) is 4.26. The van der Waals surface area contributed by atoms with Gasteiger partial charge in [-0.3, -0.25) is 0 Å². The summed E-state index contributed by atoms with van der Waals surface area (Å²) in [6.07, 6.45) is 5.27. The molecular formula is C14H21NO2. The summed E-state index contributed by atoms with van der Waals surface area (Å²) in [6.45, 7) is 1.29. The second kappa shape index (κ2) is 5.92. The molecule has 0 amide bonds. The quantitative estimate of drug-likeness (QED) is 0.824. The Morgan fingerprint density at radius 1 is 1.35 bits per heavy atom. The van der Waals surface area contributed by atoms with Crippen molar-refractivity contribution in [3.05, 3.63) is 23.8 Å². The fourth-order valence-electron chi connectivity index (χ4n) is 2.08. The molecule has 0 heterocycles. The summed E-state index contributed by atoms with van der Waals surface area (Å²) >= 11 is 0. The summed E-state index contributed by atoms with van der Waals surface area (Å²) in [5.41, 5.74) is 6.73. The van der Waals surface area contributed by atoms with Gasteiger partial charge in [-0.25, -0.2) is 0 Å². The highest BCUT2D eigenvalue weighted by atomic mass is 16.5. The number of hydrogen-bond donors (Lipinski definition) is 1. The van der Waals surface area contributed by atoms with E-state index in [9.17, 15) is 0 Å². The summed E-state index contributed by atoms with van der Waals surface area (Å²) in [6, 6.07) is 5.81. The molecule has 0 saturated heterocycles. The highest BCUT2D eigenvalue weighted by molar-refractivity contribution is 5.40. The molecule has 17 heavy (non-hydrogen) atoms. The van der Waals surface area contributed by atoms with E-state index < -0.39 is 0 Å². The number of rotatable bonds is 6. The van der Waals surface area contributed by atoms with Gasteiger partial charge in [0.2, 0.25) is 0 Å². The number of methoxy groups -OCH3 is 1. The third-order valence-corrected chi connectivity index (χ3v) is 3.50. The van der Waals surface area contributed by atoms with Gasteiger partial charge in [0.15, 0.2) is 0 Å². The molecule has 0 radical (unpaired) electrons. The zero-order valence-corrected chi connectivity index (χ0v) is 10.4. The summed E-state index contributed by atoms with van der Waals surface area (Å²) in [4.78, 5) is 0. The van der Waals surface area contributed by atoms with Gasteiger partial charge in [-0.15, -0.1) is 0 Å². The number of benzene rings is 1. The third-order valence-electron chi connectivity index (χ3n) is 3.50. The molecule has 1 aromatic carbocycles. The van der Waals surface area contributed by atoms with Crippen LogP contribution >= 0.6 is 0 Å². The van der Waals surface area contributed by atoms with Crippen LogP contribution in [-0.2, 0) is 6.54 Å². The standard InChI is InChI=1S/C14H21NO2/c1-16-13-6-5-12(10-15)14(9-13)17-8-7-11-3-2-4-11/h5-6,9,11H,2-4,7-8,10,15H2,1H3. The van der Waals surface area contributed by atoms with Gasteiger partial charge >= 0.3 is 0 Å². The molecule has 3 heteroatoms. The molecule has 1 aromatic rings. The minimum atomic E-state index is 0.503. The molecule has 0 aromatic heterocycles. The summed E-state index contributed by atoms with van der Waals surface area (Å²) in [5, 5.41) is 0. The molecule has 0 unspecified atom stereocenters. The van der Waals surface area contributed by atoms with Gasteiger partial charge in [0.25, 0.3) is 0 Å². The molecule has 1 aliphatic carbocycles. The van der Waals surface area contributed by atoms with Crippen LogP contribution in [0.1, 0.15) is 31.2 Å². The van der Waals surface area contributed by atoms with E-state index in [4.69, 9.17) is 15.2 Å². The minimum absolute atomic E-state index is 0.503. The van der Waals surface area contributed by atoms with Crippen LogP contribution in [0.3, 0.4) is 0 Å². The predicted octanol–water partition coefficient (Wildman–Crippen LogP) is 2.72. The van der Waals surface area contributed by atoms with Crippen LogP contribution in [0.4, 0.5) is 0 Å². The van der Waals surface area contributed by atoms with Crippen molar-refractivity contribution in [1.29, 1.82) is 0 Å². The second-order valence-electron chi connectivity index (χ2n) is 4.61. The van der Waals surface area contributed by atoms with Crippen molar-refractivity contribution in [3.8, 4) is 11.5 Å². The molecular weight excluding hydrogens is 214 g/mol. The lowest BCUT2D eigenvalue weighted by molar-refractivity contribution is 0.220. The van der Waals surface area contributed by atoms with Crippen LogP contribution < -0.4 is 15.2 Å². The van der Waals surface area contributed by atoms with Crippen molar-refractivity contribution >= 4 is 0 Å². The SMILES string of the molecule is COc1ccc(CN)c(OCCC2CCC2)c1. The first-order valence-electron chi connectivity index (χ1n) is 6.33. The highest BCUT2D eigenvalue weighted by Crippen LogP contribution is 2.30. The maximum atomic E-state index is 5.82.